The van der Waals surface area contributed by atoms with E-state index in [9.17, 15) is 13.2 Å². The zero-order chi connectivity index (χ0) is 14.0. The van der Waals surface area contributed by atoms with Gasteiger partial charge in [-0.1, -0.05) is 0 Å². The van der Waals surface area contributed by atoms with Crippen molar-refractivity contribution in [2.75, 3.05) is 13.2 Å². The fraction of sp³-hybridized carbons (Fsp3) is 0.364. The quantitative estimate of drug-likeness (QED) is 0.817. The second-order valence-corrected chi connectivity index (χ2v) is 5.67. The van der Waals surface area contributed by atoms with Gasteiger partial charge in [-0.3, -0.25) is 0 Å². The number of sulfonamides is 1. The van der Waals surface area contributed by atoms with Gasteiger partial charge in [0.25, 0.3) is 0 Å². The molecule has 0 aliphatic carbocycles. The number of carbonyl (C=O) groups is 1. The maximum Gasteiger partial charge on any atom is 0.339 e. The van der Waals surface area contributed by atoms with Crippen LogP contribution in [0.2, 0.25) is 0 Å². The molecule has 1 aromatic carbocycles. The van der Waals surface area contributed by atoms with Crippen molar-refractivity contribution in [2.45, 2.75) is 17.4 Å². The lowest BCUT2D eigenvalue weighted by molar-refractivity contribution is 0.0687. The summed E-state index contributed by atoms with van der Waals surface area (Å²) in [6.07, 6.45) is 0.439. The van der Waals surface area contributed by atoms with E-state index in [-0.39, 0.29) is 22.3 Å². The maximum absolute atomic E-state index is 11.2. The second-order valence-electron chi connectivity index (χ2n) is 4.11. The summed E-state index contributed by atoms with van der Waals surface area (Å²) < 4.78 is 33.0. The lowest BCUT2D eigenvalue weighted by Gasteiger charge is -2.14. The van der Waals surface area contributed by atoms with E-state index in [0.29, 0.717) is 19.6 Å². The fourth-order valence-corrected chi connectivity index (χ4v) is 2.28. The van der Waals surface area contributed by atoms with E-state index >= 15 is 0 Å². The summed E-state index contributed by atoms with van der Waals surface area (Å²) in [6.45, 7) is 0.943. The molecule has 1 aliphatic heterocycles. The van der Waals surface area contributed by atoms with Crippen LogP contribution >= 0.6 is 0 Å². The highest BCUT2D eigenvalue weighted by molar-refractivity contribution is 7.89. The Morgan fingerprint density at radius 3 is 2.74 bits per heavy atom. The van der Waals surface area contributed by atoms with Crippen molar-refractivity contribution in [1.29, 1.82) is 0 Å². The Balaban J connectivity index is 2.35. The number of carboxylic acid groups (broad SMARTS) is 1. The smallest absolute Gasteiger partial charge is 0.339 e. The number of benzene rings is 1. The van der Waals surface area contributed by atoms with Crippen LogP contribution in [0.15, 0.2) is 23.1 Å². The van der Waals surface area contributed by atoms with Gasteiger partial charge < -0.3 is 14.6 Å². The van der Waals surface area contributed by atoms with E-state index in [1.807, 2.05) is 0 Å². The van der Waals surface area contributed by atoms with Gasteiger partial charge >= 0.3 is 5.97 Å². The Morgan fingerprint density at radius 2 is 2.21 bits per heavy atom. The monoisotopic (exact) mass is 287 g/mol. The summed E-state index contributed by atoms with van der Waals surface area (Å²) in [4.78, 5) is 10.9. The van der Waals surface area contributed by atoms with Crippen molar-refractivity contribution >= 4 is 16.0 Å². The molecule has 0 radical (unpaired) electrons. The SMILES string of the molecule is NS(=O)(=O)c1ccc(OC2CCOC2)c(C(=O)O)c1. The third-order valence-electron chi connectivity index (χ3n) is 2.69. The Kier molecular flexibility index (Phi) is 3.74. The molecule has 1 atom stereocenters. The molecule has 7 nitrogen and oxygen atoms in total. The largest absolute Gasteiger partial charge is 0.487 e. The summed E-state index contributed by atoms with van der Waals surface area (Å²) in [5.41, 5.74) is -0.238. The first-order valence-corrected chi connectivity index (χ1v) is 7.07. The lowest BCUT2D eigenvalue weighted by atomic mass is 10.2. The molecule has 1 aliphatic rings. The highest BCUT2D eigenvalue weighted by Crippen LogP contribution is 2.25. The van der Waals surface area contributed by atoms with Crippen LogP contribution in [0.3, 0.4) is 0 Å². The van der Waals surface area contributed by atoms with Crippen LogP contribution in [-0.2, 0) is 14.8 Å². The van der Waals surface area contributed by atoms with E-state index in [1.54, 1.807) is 0 Å². The van der Waals surface area contributed by atoms with Gasteiger partial charge in [0.05, 0.1) is 18.1 Å². The molecule has 0 aromatic heterocycles. The van der Waals surface area contributed by atoms with E-state index in [2.05, 4.69) is 0 Å². The van der Waals surface area contributed by atoms with Gasteiger partial charge in [0.15, 0.2) is 0 Å². The molecule has 0 amide bonds. The molecule has 104 valence electrons. The van der Waals surface area contributed by atoms with Crippen molar-refractivity contribution in [1.82, 2.24) is 0 Å². The van der Waals surface area contributed by atoms with Gasteiger partial charge in [-0.05, 0) is 18.2 Å². The Labute approximate surface area is 110 Å². The minimum absolute atomic E-state index is 0.107. The molecule has 19 heavy (non-hydrogen) atoms. The molecule has 0 bridgehead atoms. The molecule has 1 aromatic rings. The van der Waals surface area contributed by atoms with E-state index in [4.69, 9.17) is 19.7 Å². The number of aromatic carboxylic acids is 1. The van der Waals surface area contributed by atoms with Gasteiger partial charge in [-0.25, -0.2) is 18.4 Å². The molecule has 1 fully saturated rings. The molecule has 1 unspecified atom stereocenters. The minimum atomic E-state index is -3.95. The molecular weight excluding hydrogens is 274 g/mol. The number of nitrogens with two attached hydrogens (primary N) is 1. The lowest BCUT2D eigenvalue weighted by Crippen LogP contribution is -2.18. The van der Waals surface area contributed by atoms with Gasteiger partial charge in [0, 0.05) is 6.42 Å². The first-order valence-electron chi connectivity index (χ1n) is 5.52. The number of primary sulfonamides is 1. The fourth-order valence-electron chi connectivity index (χ4n) is 1.74. The van der Waals surface area contributed by atoms with E-state index in [1.165, 1.54) is 12.1 Å². The topological polar surface area (TPSA) is 116 Å². The highest BCUT2D eigenvalue weighted by Gasteiger charge is 2.22. The zero-order valence-corrected chi connectivity index (χ0v) is 10.7. The van der Waals surface area contributed by atoms with Crippen molar-refractivity contribution in [2.24, 2.45) is 5.14 Å². The summed E-state index contributed by atoms with van der Waals surface area (Å²) in [5, 5.41) is 14.0. The van der Waals surface area contributed by atoms with Crippen LogP contribution in [0, 0.1) is 0 Å². The summed E-state index contributed by atoms with van der Waals surface area (Å²) in [7, 11) is -3.95. The molecular formula is C11H13NO6S. The van der Waals surface area contributed by atoms with E-state index < -0.39 is 16.0 Å². The average Bonchev–Trinajstić information content (AvgIpc) is 2.80. The van der Waals surface area contributed by atoms with Crippen molar-refractivity contribution in [3.63, 3.8) is 0 Å². The molecule has 2 rings (SSSR count). The average molecular weight is 287 g/mol. The molecule has 1 saturated heterocycles. The maximum atomic E-state index is 11.2. The predicted molar refractivity (Wildman–Crippen MR) is 64.6 cm³/mol. The summed E-state index contributed by atoms with van der Waals surface area (Å²) in [5.74, 6) is -1.17. The van der Waals surface area contributed by atoms with Crippen LogP contribution in [0.4, 0.5) is 0 Å². The second kappa shape index (κ2) is 5.16. The normalized spacial score (nSPS) is 19.3. The van der Waals surface area contributed by atoms with Crippen LogP contribution in [0.1, 0.15) is 16.8 Å². The minimum Gasteiger partial charge on any atom is -0.487 e. The molecule has 0 saturated carbocycles. The third kappa shape index (κ3) is 3.22. The van der Waals surface area contributed by atoms with Crippen LogP contribution in [0.5, 0.6) is 5.75 Å². The standard InChI is InChI=1S/C11H13NO6S/c12-19(15,16)8-1-2-10(9(5-8)11(13)14)18-7-3-4-17-6-7/h1-2,5,7H,3-4,6H2,(H,13,14)(H2,12,15,16). The number of hydrogen-bond donors (Lipinski definition) is 2. The zero-order valence-electron chi connectivity index (χ0n) is 9.90. The van der Waals surface area contributed by atoms with Gasteiger partial charge in [0.1, 0.15) is 17.4 Å². The Hall–Kier alpha value is -1.64. The number of hydrogen-bond acceptors (Lipinski definition) is 5. The van der Waals surface area contributed by atoms with Crippen LogP contribution in [0.25, 0.3) is 0 Å². The number of carboxylic acids is 1. The molecule has 8 heteroatoms. The molecule has 1 heterocycles. The summed E-state index contributed by atoms with van der Waals surface area (Å²) >= 11 is 0. The van der Waals surface area contributed by atoms with Gasteiger partial charge in [0.2, 0.25) is 10.0 Å². The predicted octanol–water partition coefficient (Wildman–Crippen LogP) is 0.200. The third-order valence-corrected chi connectivity index (χ3v) is 3.60. The summed E-state index contributed by atoms with van der Waals surface area (Å²) in [6, 6.07) is 3.50. The number of rotatable bonds is 4. The number of ether oxygens (including phenoxy) is 2. The first-order chi connectivity index (χ1) is 8.88. The molecule has 3 N–H and O–H groups in total. The van der Waals surface area contributed by atoms with Crippen LogP contribution < -0.4 is 9.88 Å². The van der Waals surface area contributed by atoms with Crippen molar-refractivity contribution < 1.29 is 27.8 Å². The van der Waals surface area contributed by atoms with Gasteiger partial charge in [-0.15, -0.1) is 0 Å². The first kappa shape index (κ1) is 13.8. The Morgan fingerprint density at radius 1 is 1.47 bits per heavy atom. The Bertz CT molecular complexity index is 591. The van der Waals surface area contributed by atoms with Crippen molar-refractivity contribution in [3.8, 4) is 5.75 Å². The van der Waals surface area contributed by atoms with Gasteiger partial charge in [-0.2, -0.15) is 0 Å². The van der Waals surface area contributed by atoms with E-state index in [0.717, 1.165) is 6.07 Å². The van der Waals surface area contributed by atoms with Crippen LogP contribution in [-0.4, -0.2) is 38.8 Å². The highest BCUT2D eigenvalue weighted by atomic mass is 32.2. The van der Waals surface area contributed by atoms with Crippen molar-refractivity contribution in [3.05, 3.63) is 23.8 Å². The molecule has 0 spiro atoms.